The lowest BCUT2D eigenvalue weighted by Crippen LogP contribution is -2.46. The molecule has 1 heterocycles. The van der Waals surface area contributed by atoms with Crippen LogP contribution in [0.2, 0.25) is 0 Å². The van der Waals surface area contributed by atoms with E-state index < -0.39 is 0 Å². The molecule has 0 bridgehead atoms. The van der Waals surface area contributed by atoms with Crippen molar-refractivity contribution in [2.75, 3.05) is 37.0 Å². The molecule has 1 unspecified atom stereocenters. The lowest BCUT2D eigenvalue weighted by atomic mass is 9.86. The minimum absolute atomic E-state index is 0.197. The van der Waals surface area contributed by atoms with E-state index in [1.807, 2.05) is 0 Å². The summed E-state index contributed by atoms with van der Waals surface area (Å²) in [4.78, 5) is 4.75. The summed E-state index contributed by atoms with van der Waals surface area (Å²) >= 11 is 0. The summed E-state index contributed by atoms with van der Waals surface area (Å²) in [7, 11) is 4.37. The van der Waals surface area contributed by atoms with Gasteiger partial charge in [0.1, 0.15) is 0 Å². The second-order valence-corrected chi connectivity index (χ2v) is 6.68. The Bertz CT molecular complexity index is 448. The maximum absolute atomic E-state index is 5.72. The highest BCUT2D eigenvalue weighted by molar-refractivity contribution is 5.74. The molecule has 0 aromatic heterocycles. The molecule has 0 saturated carbocycles. The number of benzene rings is 1. The van der Waals surface area contributed by atoms with Crippen LogP contribution in [0, 0.1) is 0 Å². The molecule has 0 fully saturated rings. The molecule has 0 aliphatic carbocycles. The van der Waals surface area contributed by atoms with Gasteiger partial charge in [-0.1, -0.05) is 26.8 Å². The van der Waals surface area contributed by atoms with E-state index in [-0.39, 0.29) is 5.41 Å². The number of nitrogens with two attached hydrogens (primary N) is 1. The Hall–Kier alpha value is -1.22. The van der Waals surface area contributed by atoms with E-state index in [4.69, 9.17) is 5.73 Å². The van der Waals surface area contributed by atoms with E-state index in [0.29, 0.717) is 6.04 Å². The summed E-state index contributed by atoms with van der Waals surface area (Å²) in [6.45, 7) is 8.59. The van der Waals surface area contributed by atoms with Gasteiger partial charge in [-0.3, -0.25) is 0 Å². The molecule has 3 heteroatoms. The summed E-state index contributed by atoms with van der Waals surface area (Å²) in [5, 5.41) is 0. The SMILES string of the molecule is CN1CC(CCN)N(C)c2ccc(C(C)(C)C)cc21. The Morgan fingerprint density at radius 2 is 1.89 bits per heavy atom. The molecule has 0 amide bonds. The third kappa shape index (κ3) is 2.71. The van der Waals surface area contributed by atoms with Crippen LogP contribution < -0.4 is 15.5 Å². The largest absolute Gasteiger partial charge is 0.371 e. The highest BCUT2D eigenvalue weighted by Crippen LogP contribution is 2.37. The van der Waals surface area contributed by atoms with Crippen molar-refractivity contribution in [3.63, 3.8) is 0 Å². The molecule has 3 nitrogen and oxygen atoms in total. The van der Waals surface area contributed by atoms with Gasteiger partial charge in [0.15, 0.2) is 0 Å². The van der Waals surface area contributed by atoms with Gasteiger partial charge in [-0.15, -0.1) is 0 Å². The minimum atomic E-state index is 0.197. The molecule has 1 aromatic rings. The maximum Gasteiger partial charge on any atom is 0.0605 e. The molecular weight excluding hydrogens is 234 g/mol. The number of anilines is 2. The highest BCUT2D eigenvalue weighted by Gasteiger charge is 2.27. The first-order valence-corrected chi connectivity index (χ1v) is 7.13. The first-order valence-electron chi connectivity index (χ1n) is 7.13. The molecule has 2 N–H and O–H groups in total. The summed E-state index contributed by atoms with van der Waals surface area (Å²) in [5.74, 6) is 0. The van der Waals surface area contributed by atoms with Crippen LogP contribution in [0.3, 0.4) is 0 Å². The molecule has 0 saturated heterocycles. The van der Waals surface area contributed by atoms with Crippen molar-refractivity contribution < 1.29 is 0 Å². The van der Waals surface area contributed by atoms with Crippen molar-refractivity contribution in [1.82, 2.24) is 0 Å². The topological polar surface area (TPSA) is 32.5 Å². The summed E-state index contributed by atoms with van der Waals surface area (Å²) in [6, 6.07) is 7.37. The Labute approximate surface area is 117 Å². The molecule has 19 heavy (non-hydrogen) atoms. The Morgan fingerprint density at radius 3 is 2.47 bits per heavy atom. The van der Waals surface area contributed by atoms with Crippen molar-refractivity contribution in [2.24, 2.45) is 5.73 Å². The second-order valence-electron chi connectivity index (χ2n) is 6.68. The molecular formula is C16H27N3. The Balaban J connectivity index is 2.39. The van der Waals surface area contributed by atoms with E-state index in [2.05, 4.69) is 62.9 Å². The minimum Gasteiger partial charge on any atom is -0.371 e. The van der Waals surface area contributed by atoms with Gasteiger partial charge in [-0.25, -0.2) is 0 Å². The molecule has 2 rings (SSSR count). The summed E-state index contributed by atoms with van der Waals surface area (Å²) < 4.78 is 0. The molecule has 0 radical (unpaired) electrons. The van der Waals surface area contributed by atoms with Crippen molar-refractivity contribution in [1.29, 1.82) is 0 Å². The standard InChI is InChI=1S/C16H27N3/c1-16(2,3)12-6-7-14-15(10-12)18(4)11-13(8-9-17)19(14)5/h6-7,10,13H,8-9,11,17H2,1-5H3. The van der Waals surface area contributed by atoms with Crippen LogP contribution in [0.5, 0.6) is 0 Å². The molecule has 0 spiro atoms. The van der Waals surface area contributed by atoms with E-state index >= 15 is 0 Å². The van der Waals surface area contributed by atoms with Gasteiger partial charge in [0.2, 0.25) is 0 Å². The molecule has 1 aliphatic heterocycles. The highest BCUT2D eigenvalue weighted by atomic mass is 15.3. The predicted octanol–water partition coefficient (Wildman–Crippen LogP) is 2.59. The first-order chi connectivity index (χ1) is 8.84. The normalized spacial score (nSPS) is 19.6. The van der Waals surface area contributed by atoms with Crippen molar-refractivity contribution in [2.45, 2.75) is 38.6 Å². The number of rotatable bonds is 2. The third-order valence-corrected chi connectivity index (χ3v) is 4.16. The van der Waals surface area contributed by atoms with Crippen LogP contribution in [-0.2, 0) is 5.41 Å². The van der Waals surface area contributed by atoms with E-state index in [1.54, 1.807) is 0 Å². The van der Waals surface area contributed by atoms with Crippen LogP contribution >= 0.6 is 0 Å². The lowest BCUT2D eigenvalue weighted by molar-refractivity contribution is 0.562. The summed E-state index contributed by atoms with van der Waals surface area (Å²) in [6.07, 6.45) is 1.04. The first kappa shape index (κ1) is 14.2. The van der Waals surface area contributed by atoms with Crippen LogP contribution in [0.25, 0.3) is 0 Å². The van der Waals surface area contributed by atoms with Gasteiger partial charge >= 0.3 is 0 Å². The zero-order valence-electron chi connectivity index (χ0n) is 12.9. The van der Waals surface area contributed by atoms with E-state index in [9.17, 15) is 0 Å². The Morgan fingerprint density at radius 1 is 1.21 bits per heavy atom. The fourth-order valence-corrected chi connectivity index (χ4v) is 2.80. The number of nitrogens with zero attached hydrogens (tertiary/aromatic N) is 2. The average Bonchev–Trinajstić information content (AvgIpc) is 2.34. The number of hydrogen-bond donors (Lipinski definition) is 1. The van der Waals surface area contributed by atoms with Crippen molar-refractivity contribution in [3.8, 4) is 0 Å². The van der Waals surface area contributed by atoms with Gasteiger partial charge < -0.3 is 15.5 Å². The Kier molecular flexibility index (Phi) is 3.77. The van der Waals surface area contributed by atoms with Gasteiger partial charge in [-0.2, -0.15) is 0 Å². The van der Waals surface area contributed by atoms with E-state index in [0.717, 1.165) is 19.5 Å². The van der Waals surface area contributed by atoms with Gasteiger partial charge in [-0.05, 0) is 36.1 Å². The molecule has 1 atom stereocenters. The smallest absolute Gasteiger partial charge is 0.0605 e. The second kappa shape index (κ2) is 5.04. The lowest BCUT2D eigenvalue weighted by Gasteiger charge is -2.42. The van der Waals surface area contributed by atoms with Crippen molar-refractivity contribution >= 4 is 11.4 Å². The number of likely N-dealkylation sites (N-methyl/N-ethyl adjacent to an activating group) is 2. The maximum atomic E-state index is 5.72. The summed E-state index contributed by atoms with van der Waals surface area (Å²) in [5.41, 5.74) is 9.97. The van der Waals surface area contributed by atoms with Crippen LogP contribution in [0.1, 0.15) is 32.8 Å². The quantitative estimate of drug-likeness (QED) is 0.888. The number of hydrogen-bond acceptors (Lipinski definition) is 3. The van der Waals surface area contributed by atoms with Crippen LogP contribution in [0.15, 0.2) is 18.2 Å². The molecule has 1 aliphatic rings. The van der Waals surface area contributed by atoms with Crippen LogP contribution in [0.4, 0.5) is 11.4 Å². The zero-order valence-corrected chi connectivity index (χ0v) is 12.9. The molecule has 106 valence electrons. The van der Waals surface area contributed by atoms with Crippen molar-refractivity contribution in [3.05, 3.63) is 23.8 Å². The van der Waals surface area contributed by atoms with Gasteiger partial charge in [0, 0.05) is 26.7 Å². The zero-order chi connectivity index (χ0) is 14.2. The number of fused-ring (bicyclic) bond motifs is 1. The van der Waals surface area contributed by atoms with Gasteiger partial charge in [0.05, 0.1) is 11.4 Å². The molecule has 1 aromatic carbocycles. The average molecular weight is 261 g/mol. The fraction of sp³-hybridized carbons (Fsp3) is 0.625. The third-order valence-electron chi connectivity index (χ3n) is 4.16. The van der Waals surface area contributed by atoms with E-state index in [1.165, 1.54) is 16.9 Å². The van der Waals surface area contributed by atoms with Gasteiger partial charge in [0.25, 0.3) is 0 Å². The monoisotopic (exact) mass is 261 g/mol. The predicted molar refractivity (Wildman–Crippen MR) is 84.3 cm³/mol. The fourth-order valence-electron chi connectivity index (χ4n) is 2.80. The van der Waals surface area contributed by atoms with Crippen LogP contribution in [-0.4, -0.2) is 33.2 Å².